The van der Waals surface area contributed by atoms with Crippen LogP contribution in [0.4, 0.5) is 4.79 Å². The van der Waals surface area contributed by atoms with Gasteiger partial charge in [0.15, 0.2) is 0 Å². The number of carbonyl (C=O) groups excluding carboxylic acids is 2. The number of piperidine rings is 1. The van der Waals surface area contributed by atoms with E-state index >= 15 is 0 Å². The average molecular weight is 343 g/mol. The van der Waals surface area contributed by atoms with Crippen LogP contribution in [0.15, 0.2) is 24.3 Å². The van der Waals surface area contributed by atoms with Crippen molar-refractivity contribution in [2.24, 2.45) is 0 Å². The molecule has 1 atom stereocenters. The molecule has 0 spiro atoms. The van der Waals surface area contributed by atoms with Gasteiger partial charge in [0.05, 0.1) is 11.6 Å². The van der Waals surface area contributed by atoms with Gasteiger partial charge in [-0.25, -0.2) is 4.79 Å². The summed E-state index contributed by atoms with van der Waals surface area (Å²) in [6, 6.07) is 8.70. The van der Waals surface area contributed by atoms with Crippen molar-refractivity contribution >= 4 is 12.0 Å². The molecule has 1 saturated heterocycles. The minimum absolute atomic E-state index is 0.0699. The van der Waals surface area contributed by atoms with E-state index in [-0.39, 0.29) is 11.9 Å². The predicted molar refractivity (Wildman–Crippen MR) is 94.1 cm³/mol. The maximum atomic E-state index is 12.8. The summed E-state index contributed by atoms with van der Waals surface area (Å²) in [5, 5.41) is 11.8. The van der Waals surface area contributed by atoms with Crippen molar-refractivity contribution in [3.05, 3.63) is 35.4 Å². The van der Waals surface area contributed by atoms with Gasteiger partial charge in [0, 0.05) is 24.7 Å². The van der Waals surface area contributed by atoms with Gasteiger partial charge in [-0.15, -0.1) is 0 Å². The molecule has 0 aliphatic carbocycles. The van der Waals surface area contributed by atoms with Crippen LogP contribution >= 0.6 is 0 Å². The Morgan fingerprint density at radius 3 is 2.80 bits per heavy atom. The average Bonchev–Trinajstić information content (AvgIpc) is 2.58. The third-order valence-corrected chi connectivity index (χ3v) is 4.01. The highest BCUT2D eigenvalue weighted by atomic mass is 16.6. The first-order chi connectivity index (χ1) is 11.8. The summed E-state index contributed by atoms with van der Waals surface area (Å²) in [5.41, 5.74) is 0.415. The second kappa shape index (κ2) is 8.02. The van der Waals surface area contributed by atoms with E-state index in [1.54, 1.807) is 29.2 Å². The molecule has 0 radical (unpaired) electrons. The van der Waals surface area contributed by atoms with Crippen molar-refractivity contribution in [2.75, 3.05) is 13.1 Å². The number of amides is 2. The standard InChI is InChI=1S/C19H25N3O3/c1-19(2,3)25-18(24)21-13-16-9-4-5-10-22(16)17(23)15-8-6-7-14(11-15)12-20/h6-8,11,16H,4-5,9-10,13H2,1-3H3,(H,21,24)/t16-/m0/s1. The highest BCUT2D eigenvalue weighted by molar-refractivity contribution is 5.94. The summed E-state index contributed by atoms with van der Waals surface area (Å²) < 4.78 is 5.25. The molecule has 1 aromatic rings. The molecule has 1 aromatic carbocycles. The molecule has 0 unspecified atom stereocenters. The molecule has 0 saturated carbocycles. The van der Waals surface area contributed by atoms with Crippen LogP contribution in [0.2, 0.25) is 0 Å². The molecular formula is C19H25N3O3. The summed E-state index contributed by atoms with van der Waals surface area (Å²) in [6.45, 7) is 6.44. The molecule has 0 aromatic heterocycles. The van der Waals surface area contributed by atoms with Crippen molar-refractivity contribution in [3.8, 4) is 6.07 Å². The smallest absolute Gasteiger partial charge is 0.407 e. The van der Waals surface area contributed by atoms with E-state index < -0.39 is 11.7 Å². The molecule has 1 aliphatic rings. The number of likely N-dealkylation sites (tertiary alicyclic amines) is 1. The lowest BCUT2D eigenvalue weighted by atomic mass is 10.00. The monoisotopic (exact) mass is 343 g/mol. The highest BCUT2D eigenvalue weighted by Gasteiger charge is 2.28. The molecule has 134 valence electrons. The Bertz CT molecular complexity index is 673. The number of benzene rings is 1. The van der Waals surface area contributed by atoms with Crippen LogP contribution in [-0.4, -0.2) is 41.6 Å². The Morgan fingerprint density at radius 2 is 2.12 bits per heavy atom. The van der Waals surface area contributed by atoms with Crippen LogP contribution in [-0.2, 0) is 4.74 Å². The fraction of sp³-hybridized carbons (Fsp3) is 0.526. The molecule has 2 rings (SSSR count). The van der Waals surface area contributed by atoms with Gasteiger partial charge >= 0.3 is 6.09 Å². The predicted octanol–water partition coefficient (Wildman–Crippen LogP) is 3.08. The number of ether oxygens (including phenoxy) is 1. The van der Waals surface area contributed by atoms with Gasteiger partial charge in [0.2, 0.25) is 0 Å². The van der Waals surface area contributed by atoms with E-state index in [4.69, 9.17) is 10.00 Å². The Labute approximate surface area is 148 Å². The van der Waals surface area contributed by atoms with Crippen LogP contribution in [0.25, 0.3) is 0 Å². The van der Waals surface area contributed by atoms with Crippen molar-refractivity contribution in [1.82, 2.24) is 10.2 Å². The van der Waals surface area contributed by atoms with Gasteiger partial charge in [-0.3, -0.25) is 4.79 Å². The second-order valence-corrected chi connectivity index (χ2v) is 7.22. The van der Waals surface area contributed by atoms with E-state index in [1.807, 2.05) is 20.8 Å². The number of hydrogen-bond donors (Lipinski definition) is 1. The SMILES string of the molecule is CC(C)(C)OC(=O)NC[C@@H]1CCCCN1C(=O)c1cccc(C#N)c1. The van der Waals surface area contributed by atoms with Gasteiger partial charge in [-0.2, -0.15) is 5.26 Å². The highest BCUT2D eigenvalue weighted by Crippen LogP contribution is 2.20. The number of rotatable bonds is 3. The maximum absolute atomic E-state index is 12.8. The van der Waals surface area contributed by atoms with Crippen molar-refractivity contribution in [3.63, 3.8) is 0 Å². The van der Waals surface area contributed by atoms with Crippen molar-refractivity contribution in [2.45, 2.75) is 51.7 Å². The van der Waals surface area contributed by atoms with Crippen LogP contribution in [0.1, 0.15) is 56.0 Å². The van der Waals surface area contributed by atoms with Crippen LogP contribution in [0.5, 0.6) is 0 Å². The maximum Gasteiger partial charge on any atom is 0.407 e. The number of nitriles is 1. The molecule has 1 heterocycles. The van der Waals surface area contributed by atoms with E-state index in [0.717, 1.165) is 19.3 Å². The first-order valence-electron chi connectivity index (χ1n) is 8.58. The number of nitrogens with one attached hydrogen (secondary N) is 1. The zero-order valence-corrected chi connectivity index (χ0v) is 15.0. The summed E-state index contributed by atoms with van der Waals surface area (Å²) in [5.74, 6) is -0.104. The van der Waals surface area contributed by atoms with E-state index in [2.05, 4.69) is 11.4 Å². The summed E-state index contributed by atoms with van der Waals surface area (Å²) in [6.07, 6.45) is 2.31. The van der Waals surface area contributed by atoms with Crippen LogP contribution < -0.4 is 5.32 Å². The third kappa shape index (κ3) is 5.49. The minimum Gasteiger partial charge on any atom is -0.444 e. The van der Waals surface area contributed by atoms with Gasteiger partial charge in [0.25, 0.3) is 5.91 Å². The Kier molecular flexibility index (Phi) is 6.02. The molecule has 1 aliphatic heterocycles. The molecule has 6 heteroatoms. The zero-order valence-electron chi connectivity index (χ0n) is 15.0. The first-order valence-corrected chi connectivity index (χ1v) is 8.58. The fourth-order valence-corrected chi connectivity index (χ4v) is 2.88. The van der Waals surface area contributed by atoms with Gasteiger partial charge in [-0.1, -0.05) is 6.07 Å². The number of alkyl carbamates (subject to hydrolysis) is 1. The number of nitrogens with zero attached hydrogens (tertiary/aromatic N) is 2. The molecule has 1 N–H and O–H groups in total. The van der Waals surface area contributed by atoms with Gasteiger partial charge in [0.1, 0.15) is 5.60 Å². The molecule has 0 bridgehead atoms. The van der Waals surface area contributed by atoms with E-state index in [0.29, 0.717) is 24.2 Å². The Balaban J connectivity index is 2.03. The number of hydrogen-bond acceptors (Lipinski definition) is 4. The van der Waals surface area contributed by atoms with E-state index in [1.165, 1.54) is 0 Å². The van der Waals surface area contributed by atoms with E-state index in [9.17, 15) is 9.59 Å². The van der Waals surface area contributed by atoms with Gasteiger partial charge < -0.3 is 15.0 Å². The van der Waals surface area contributed by atoms with Crippen LogP contribution in [0, 0.1) is 11.3 Å². The molecule has 25 heavy (non-hydrogen) atoms. The molecular weight excluding hydrogens is 318 g/mol. The summed E-state index contributed by atoms with van der Waals surface area (Å²) in [4.78, 5) is 26.5. The fourth-order valence-electron chi connectivity index (χ4n) is 2.88. The molecule has 2 amide bonds. The Hall–Kier alpha value is -2.55. The van der Waals surface area contributed by atoms with Crippen molar-refractivity contribution in [1.29, 1.82) is 5.26 Å². The van der Waals surface area contributed by atoms with Gasteiger partial charge in [-0.05, 0) is 58.2 Å². The largest absolute Gasteiger partial charge is 0.444 e. The number of carbonyl (C=O) groups is 2. The lowest BCUT2D eigenvalue weighted by Crippen LogP contribution is -2.50. The van der Waals surface area contributed by atoms with Crippen molar-refractivity contribution < 1.29 is 14.3 Å². The summed E-state index contributed by atoms with van der Waals surface area (Å²) >= 11 is 0. The van der Waals surface area contributed by atoms with Crippen LogP contribution in [0.3, 0.4) is 0 Å². The summed E-state index contributed by atoms with van der Waals surface area (Å²) in [7, 11) is 0. The topological polar surface area (TPSA) is 82.4 Å². The minimum atomic E-state index is -0.552. The third-order valence-electron chi connectivity index (χ3n) is 4.01. The normalized spacial score (nSPS) is 17.5. The first kappa shape index (κ1) is 18.8. The lowest BCUT2D eigenvalue weighted by molar-refractivity contribution is 0.0462. The Morgan fingerprint density at radius 1 is 1.36 bits per heavy atom. The zero-order chi connectivity index (χ0) is 18.4. The quantitative estimate of drug-likeness (QED) is 0.914. The molecule has 1 fully saturated rings. The second-order valence-electron chi connectivity index (χ2n) is 7.22. The molecule has 6 nitrogen and oxygen atoms in total. The lowest BCUT2D eigenvalue weighted by Gasteiger charge is -2.36.